The number of rotatable bonds is 5. The van der Waals surface area contributed by atoms with Gasteiger partial charge in [-0.05, 0) is 6.92 Å². The lowest BCUT2D eigenvalue weighted by molar-refractivity contribution is -0.119. The van der Waals surface area contributed by atoms with E-state index in [2.05, 4.69) is 41.0 Å². The zero-order valence-electron chi connectivity index (χ0n) is 11.4. The Balaban J connectivity index is 1.86. The third-order valence-electron chi connectivity index (χ3n) is 2.89. The second kappa shape index (κ2) is 5.69. The van der Waals surface area contributed by atoms with Crippen molar-refractivity contribution in [3.63, 3.8) is 0 Å². The first-order valence-corrected chi connectivity index (χ1v) is 6.63. The van der Waals surface area contributed by atoms with Crippen LogP contribution < -0.4 is 16.0 Å². The topological polar surface area (TPSA) is 123 Å². The van der Waals surface area contributed by atoms with Crippen molar-refractivity contribution in [2.24, 2.45) is 0 Å². The van der Waals surface area contributed by atoms with E-state index in [0.29, 0.717) is 37.4 Å². The maximum absolute atomic E-state index is 11.2. The van der Waals surface area contributed by atoms with Crippen LogP contribution in [0.25, 0.3) is 5.95 Å². The van der Waals surface area contributed by atoms with E-state index in [4.69, 9.17) is 0 Å². The Morgan fingerprint density at radius 3 is 2.90 bits per heavy atom. The van der Waals surface area contributed by atoms with Crippen molar-refractivity contribution in [3.05, 3.63) is 12.7 Å². The molecular formula is C11H15N9O. The van der Waals surface area contributed by atoms with Crippen molar-refractivity contribution < 1.29 is 4.79 Å². The third kappa shape index (κ3) is 3.04. The molecule has 0 aromatic carbocycles. The summed E-state index contributed by atoms with van der Waals surface area (Å²) in [6.07, 6.45) is 3.32. The van der Waals surface area contributed by atoms with Gasteiger partial charge in [-0.1, -0.05) is 0 Å². The molecule has 0 radical (unpaired) electrons. The minimum atomic E-state index is -0.0297. The van der Waals surface area contributed by atoms with E-state index >= 15 is 0 Å². The third-order valence-corrected chi connectivity index (χ3v) is 2.89. The van der Waals surface area contributed by atoms with Crippen LogP contribution >= 0.6 is 0 Å². The molecule has 0 aliphatic carbocycles. The van der Waals surface area contributed by atoms with Crippen molar-refractivity contribution in [1.82, 2.24) is 35.0 Å². The predicted octanol–water partition coefficient (Wildman–Crippen LogP) is -0.815. The molecule has 10 nitrogen and oxygen atoms in total. The summed E-state index contributed by atoms with van der Waals surface area (Å²) in [5.41, 5.74) is 0. The minimum absolute atomic E-state index is 0.0185. The molecule has 21 heavy (non-hydrogen) atoms. The number of nitrogens with one attached hydrogen (secondary N) is 3. The second-order valence-corrected chi connectivity index (χ2v) is 4.50. The number of carbonyl (C=O) groups is 1. The van der Waals surface area contributed by atoms with E-state index in [1.54, 1.807) is 0 Å². The number of nitrogens with zero attached hydrogens (tertiary/aromatic N) is 6. The number of amides is 1. The van der Waals surface area contributed by atoms with Gasteiger partial charge in [-0.2, -0.15) is 24.7 Å². The van der Waals surface area contributed by atoms with E-state index in [0.717, 1.165) is 0 Å². The lowest BCUT2D eigenvalue weighted by Gasteiger charge is -2.12. The molecule has 1 fully saturated rings. The van der Waals surface area contributed by atoms with Crippen molar-refractivity contribution in [3.8, 4) is 5.95 Å². The zero-order valence-corrected chi connectivity index (χ0v) is 11.4. The van der Waals surface area contributed by atoms with E-state index in [1.807, 2.05) is 6.92 Å². The summed E-state index contributed by atoms with van der Waals surface area (Å²) in [6, 6.07) is -0.0297. The van der Waals surface area contributed by atoms with Crippen LogP contribution in [-0.2, 0) is 4.79 Å². The molecule has 10 heteroatoms. The van der Waals surface area contributed by atoms with Crippen LogP contribution in [0, 0.1) is 0 Å². The van der Waals surface area contributed by atoms with Crippen molar-refractivity contribution in [2.75, 3.05) is 23.7 Å². The van der Waals surface area contributed by atoms with Crippen LogP contribution in [0.3, 0.4) is 0 Å². The van der Waals surface area contributed by atoms with E-state index in [-0.39, 0.29) is 11.9 Å². The average molecular weight is 289 g/mol. The highest BCUT2D eigenvalue weighted by Gasteiger charge is 2.22. The molecule has 3 rings (SSSR count). The lowest BCUT2D eigenvalue weighted by atomic mass is 10.3. The number of hydrogen-bond acceptors (Lipinski definition) is 8. The lowest BCUT2D eigenvalue weighted by Crippen LogP contribution is -2.24. The first-order valence-electron chi connectivity index (χ1n) is 6.63. The van der Waals surface area contributed by atoms with E-state index < -0.39 is 0 Å². The maximum Gasteiger partial charge on any atom is 0.258 e. The standard InChI is InChI=1S/C11H15N9O/c1-2-13-9-17-10(16-7-3-8(21)14-4-7)19-11(18-9)20-6-12-5-15-20/h5-7H,2-4H2,1H3,(H,14,21)(H2,13,16,17,18,19). The fourth-order valence-electron chi connectivity index (χ4n) is 1.97. The molecule has 3 N–H and O–H groups in total. The molecule has 110 valence electrons. The quantitative estimate of drug-likeness (QED) is 0.653. The van der Waals surface area contributed by atoms with Gasteiger partial charge in [0.25, 0.3) is 5.95 Å². The molecule has 0 saturated carbocycles. The summed E-state index contributed by atoms with van der Waals surface area (Å²) in [5.74, 6) is 1.22. The van der Waals surface area contributed by atoms with Crippen LogP contribution in [0.4, 0.5) is 11.9 Å². The smallest absolute Gasteiger partial charge is 0.258 e. The first kappa shape index (κ1) is 13.2. The highest BCUT2D eigenvalue weighted by Crippen LogP contribution is 2.11. The van der Waals surface area contributed by atoms with Gasteiger partial charge in [-0.15, -0.1) is 0 Å². The maximum atomic E-state index is 11.2. The summed E-state index contributed by atoms with van der Waals surface area (Å²) < 4.78 is 1.45. The summed E-state index contributed by atoms with van der Waals surface area (Å²) in [6.45, 7) is 3.19. The van der Waals surface area contributed by atoms with Gasteiger partial charge in [-0.3, -0.25) is 4.79 Å². The van der Waals surface area contributed by atoms with Gasteiger partial charge in [0.05, 0.1) is 6.04 Å². The normalized spacial score (nSPS) is 17.6. The largest absolute Gasteiger partial charge is 0.354 e. The van der Waals surface area contributed by atoms with E-state index in [1.165, 1.54) is 17.3 Å². The van der Waals surface area contributed by atoms with Gasteiger partial charge in [0, 0.05) is 19.5 Å². The summed E-state index contributed by atoms with van der Waals surface area (Å²) in [7, 11) is 0. The van der Waals surface area contributed by atoms with Crippen LogP contribution in [0.2, 0.25) is 0 Å². The van der Waals surface area contributed by atoms with Gasteiger partial charge in [0.2, 0.25) is 17.8 Å². The van der Waals surface area contributed by atoms with Gasteiger partial charge in [0.15, 0.2) is 0 Å². The van der Waals surface area contributed by atoms with E-state index in [9.17, 15) is 4.79 Å². The summed E-state index contributed by atoms with van der Waals surface area (Å²) in [4.78, 5) is 27.9. The summed E-state index contributed by atoms with van der Waals surface area (Å²) in [5, 5.41) is 12.9. The van der Waals surface area contributed by atoms with Crippen LogP contribution in [0.1, 0.15) is 13.3 Å². The van der Waals surface area contributed by atoms with Gasteiger partial charge < -0.3 is 16.0 Å². The molecule has 2 aromatic rings. The fourth-order valence-corrected chi connectivity index (χ4v) is 1.97. The van der Waals surface area contributed by atoms with Crippen LogP contribution in [-0.4, -0.2) is 54.8 Å². The molecule has 1 aliphatic heterocycles. The SMILES string of the molecule is CCNc1nc(NC2CNC(=O)C2)nc(-n2cncn2)n1. The van der Waals surface area contributed by atoms with Crippen molar-refractivity contribution >= 4 is 17.8 Å². The van der Waals surface area contributed by atoms with Gasteiger partial charge >= 0.3 is 0 Å². The van der Waals surface area contributed by atoms with Crippen LogP contribution in [0.5, 0.6) is 0 Å². The molecule has 1 amide bonds. The minimum Gasteiger partial charge on any atom is -0.354 e. The monoisotopic (exact) mass is 289 g/mol. The Labute approximate surface area is 120 Å². The Hall–Kier alpha value is -2.78. The molecule has 2 aromatic heterocycles. The molecule has 1 atom stereocenters. The van der Waals surface area contributed by atoms with Gasteiger partial charge in [-0.25, -0.2) is 4.98 Å². The summed E-state index contributed by atoms with van der Waals surface area (Å²) >= 11 is 0. The second-order valence-electron chi connectivity index (χ2n) is 4.50. The fraction of sp³-hybridized carbons (Fsp3) is 0.455. The highest BCUT2D eigenvalue weighted by atomic mass is 16.1. The van der Waals surface area contributed by atoms with Gasteiger partial charge in [0.1, 0.15) is 12.7 Å². The molecule has 1 aliphatic rings. The Morgan fingerprint density at radius 2 is 2.24 bits per heavy atom. The molecule has 0 bridgehead atoms. The molecule has 0 spiro atoms. The molecule has 1 saturated heterocycles. The Bertz CT molecular complexity index is 627. The van der Waals surface area contributed by atoms with Crippen molar-refractivity contribution in [2.45, 2.75) is 19.4 Å². The number of aromatic nitrogens is 6. The zero-order chi connectivity index (χ0) is 14.7. The molecule has 1 unspecified atom stereocenters. The molecular weight excluding hydrogens is 274 g/mol. The number of hydrogen-bond donors (Lipinski definition) is 3. The first-order chi connectivity index (χ1) is 10.2. The Kier molecular flexibility index (Phi) is 3.58. The molecule has 3 heterocycles. The van der Waals surface area contributed by atoms with Crippen LogP contribution in [0.15, 0.2) is 12.7 Å². The number of carbonyl (C=O) groups excluding carboxylic acids is 1. The van der Waals surface area contributed by atoms with Crippen molar-refractivity contribution in [1.29, 1.82) is 0 Å². The highest BCUT2D eigenvalue weighted by molar-refractivity contribution is 5.79. The average Bonchev–Trinajstić information content (AvgIpc) is 3.11. The predicted molar refractivity (Wildman–Crippen MR) is 73.9 cm³/mol. The Morgan fingerprint density at radius 1 is 1.38 bits per heavy atom. The number of anilines is 2.